The number of nitrogens with zero attached hydrogens (tertiary/aromatic N) is 1. The maximum Gasteiger partial charge on any atom is 0.325 e. The lowest BCUT2D eigenvalue weighted by molar-refractivity contribution is -0.135. The van der Waals surface area contributed by atoms with Crippen LogP contribution in [0.1, 0.15) is 37.4 Å². The standard InChI is InChI=1S/C21H21ClFN3O3/c1-3-21(14-8-10-15(23)11-9-14)19(28)26(20(29)25-21)12-18(27)24-13(2)16-6-4-5-7-17(16)22/h4-11,13H,3,12H2,1-2H3,(H,24,27)(H,25,29)/t13-,21+/m0/s1. The second-order valence-corrected chi connectivity index (χ2v) is 7.31. The van der Waals surface area contributed by atoms with Gasteiger partial charge in [0.1, 0.15) is 17.9 Å². The van der Waals surface area contributed by atoms with Gasteiger partial charge in [0.2, 0.25) is 5.91 Å². The highest BCUT2D eigenvalue weighted by Crippen LogP contribution is 2.32. The van der Waals surface area contributed by atoms with Gasteiger partial charge in [0.05, 0.1) is 6.04 Å². The first-order valence-corrected chi connectivity index (χ1v) is 9.60. The van der Waals surface area contributed by atoms with Gasteiger partial charge in [-0.15, -0.1) is 0 Å². The van der Waals surface area contributed by atoms with E-state index in [1.807, 2.05) is 0 Å². The molecule has 1 aliphatic rings. The molecule has 2 aromatic carbocycles. The maximum atomic E-state index is 13.3. The number of imide groups is 1. The molecule has 29 heavy (non-hydrogen) atoms. The van der Waals surface area contributed by atoms with Crippen LogP contribution in [0, 0.1) is 5.82 Å². The van der Waals surface area contributed by atoms with Gasteiger partial charge in [-0.05, 0) is 42.7 Å². The summed E-state index contributed by atoms with van der Waals surface area (Å²) in [4.78, 5) is 38.9. The Kier molecular flexibility index (Phi) is 5.88. The number of carbonyl (C=O) groups is 3. The van der Waals surface area contributed by atoms with E-state index in [0.29, 0.717) is 10.6 Å². The van der Waals surface area contributed by atoms with Crippen molar-refractivity contribution in [2.75, 3.05) is 6.54 Å². The number of hydrogen-bond acceptors (Lipinski definition) is 3. The van der Waals surface area contributed by atoms with Gasteiger partial charge in [0.15, 0.2) is 0 Å². The molecule has 1 saturated heterocycles. The Morgan fingerprint density at radius 1 is 1.21 bits per heavy atom. The van der Waals surface area contributed by atoms with Crippen LogP contribution in [0.5, 0.6) is 0 Å². The van der Waals surface area contributed by atoms with E-state index in [1.54, 1.807) is 38.1 Å². The van der Waals surface area contributed by atoms with Crippen molar-refractivity contribution in [1.29, 1.82) is 0 Å². The highest BCUT2D eigenvalue weighted by molar-refractivity contribution is 6.31. The van der Waals surface area contributed by atoms with Crippen molar-refractivity contribution in [3.05, 3.63) is 70.5 Å². The van der Waals surface area contributed by atoms with Gasteiger partial charge in [-0.1, -0.05) is 48.9 Å². The van der Waals surface area contributed by atoms with Crippen LogP contribution in [-0.4, -0.2) is 29.3 Å². The zero-order chi connectivity index (χ0) is 21.2. The SMILES string of the molecule is CC[C@]1(c2ccc(F)cc2)NC(=O)N(CC(=O)N[C@@H](C)c2ccccc2Cl)C1=O. The van der Waals surface area contributed by atoms with Crippen molar-refractivity contribution in [1.82, 2.24) is 15.5 Å². The summed E-state index contributed by atoms with van der Waals surface area (Å²) in [5.74, 6) is -1.48. The van der Waals surface area contributed by atoms with Gasteiger partial charge < -0.3 is 10.6 Å². The summed E-state index contributed by atoms with van der Waals surface area (Å²) in [6, 6.07) is 11.4. The molecule has 1 heterocycles. The Hall–Kier alpha value is -2.93. The Labute approximate surface area is 173 Å². The highest BCUT2D eigenvalue weighted by atomic mass is 35.5. The number of carbonyl (C=O) groups excluding carboxylic acids is 3. The molecule has 1 aliphatic heterocycles. The predicted octanol–water partition coefficient (Wildman–Crippen LogP) is 3.51. The quantitative estimate of drug-likeness (QED) is 0.706. The van der Waals surface area contributed by atoms with Crippen LogP contribution in [0.2, 0.25) is 5.02 Å². The van der Waals surface area contributed by atoms with Gasteiger partial charge in [0, 0.05) is 5.02 Å². The number of benzene rings is 2. The van der Waals surface area contributed by atoms with Gasteiger partial charge in [-0.3, -0.25) is 14.5 Å². The van der Waals surface area contributed by atoms with Crippen molar-refractivity contribution in [2.24, 2.45) is 0 Å². The lowest BCUT2D eigenvalue weighted by atomic mass is 9.87. The summed E-state index contributed by atoms with van der Waals surface area (Å²) >= 11 is 6.15. The first-order chi connectivity index (χ1) is 13.8. The average molecular weight is 418 g/mol. The molecule has 2 atom stereocenters. The van der Waals surface area contributed by atoms with Crippen LogP contribution in [0.15, 0.2) is 48.5 Å². The van der Waals surface area contributed by atoms with E-state index in [9.17, 15) is 18.8 Å². The van der Waals surface area contributed by atoms with E-state index in [1.165, 1.54) is 24.3 Å². The molecule has 0 bridgehead atoms. The van der Waals surface area contributed by atoms with Crippen molar-refractivity contribution >= 4 is 29.4 Å². The van der Waals surface area contributed by atoms with Crippen molar-refractivity contribution in [2.45, 2.75) is 31.8 Å². The van der Waals surface area contributed by atoms with Crippen LogP contribution in [0.3, 0.4) is 0 Å². The molecule has 6 nitrogen and oxygen atoms in total. The van der Waals surface area contributed by atoms with E-state index >= 15 is 0 Å². The third kappa shape index (κ3) is 3.96. The van der Waals surface area contributed by atoms with Gasteiger partial charge in [0.25, 0.3) is 5.91 Å². The van der Waals surface area contributed by atoms with Gasteiger partial charge in [-0.25, -0.2) is 9.18 Å². The van der Waals surface area contributed by atoms with Crippen LogP contribution in [0.4, 0.5) is 9.18 Å². The normalized spacial score (nSPS) is 19.8. The van der Waals surface area contributed by atoms with Crippen molar-refractivity contribution in [3.63, 3.8) is 0 Å². The number of amides is 4. The highest BCUT2D eigenvalue weighted by Gasteiger charge is 2.51. The molecule has 3 rings (SSSR count). The lowest BCUT2D eigenvalue weighted by Gasteiger charge is -2.25. The molecule has 2 N–H and O–H groups in total. The number of urea groups is 1. The summed E-state index contributed by atoms with van der Waals surface area (Å²) in [6.07, 6.45) is 0.261. The molecular weight excluding hydrogens is 397 g/mol. The Balaban J connectivity index is 1.75. The number of hydrogen-bond donors (Lipinski definition) is 2. The van der Waals surface area contributed by atoms with E-state index in [4.69, 9.17) is 11.6 Å². The second-order valence-electron chi connectivity index (χ2n) is 6.90. The Morgan fingerprint density at radius 2 is 1.86 bits per heavy atom. The number of halogens is 2. The molecule has 152 valence electrons. The zero-order valence-electron chi connectivity index (χ0n) is 16.0. The summed E-state index contributed by atoms with van der Waals surface area (Å²) in [7, 11) is 0. The lowest BCUT2D eigenvalue weighted by Crippen LogP contribution is -2.45. The Morgan fingerprint density at radius 3 is 2.48 bits per heavy atom. The zero-order valence-corrected chi connectivity index (χ0v) is 16.8. The first kappa shape index (κ1) is 20.8. The van der Waals surface area contributed by atoms with Crippen LogP contribution in [-0.2, 0) is 15.1 Å². The van der Waals surface area contributed by atoms with Crippen LogP contribution >= 0.6 is 11.6 Å². The fourth-order valence-electron chi connectivity index (χ4n) is 3.48. The third-order valence-electron chi connectivity index (χ3n) is 5.09. The molecule has 0 radical (unpaired) electrons. The summed E-state index contributed by atoms with van der Waals surface area (Å²) in [6.45, 7) is 3.08. The molecule has 1 fully saturated rings. The minimum atomic E-state index is -1.32. The molecule has 2 aromatic rings. The molecule has 4 amide bonds. The third-order valence-corrected chi connectivity index (χ3v) is 5.44. The van der Waals surface area contributed by atoms with Crippen LogP contribution in [0.25, 0.3) is 0 Å². The first-order valence-electron chi connectivity index (χ1n) is 9.22. The van der Waals surface area contributed by atoms with Gasteiger partial charge in [-0.2, -0.15) is 0 Å². The van der Waals surface area contributed by atoms with Crippen molar-refractivity contribution < 1.29 is 18.8 Å². The van der Waals surface area contributed by atoms with Gasteiger partial charge >= 0.3 is 6.03 Å². The fraction of sp³-hybridized carbons (Fsp3) is 0.286. The van der Waals surface area contributed by atoms with E-state index in [0.717, 1.165) is 10.5 Å². The van der Waals surface area contributed by atoms with E-state index < -0.39 is 41.8 Å². The topological polar surface area (TPSA) is 78.5 Å². The summed E-state index contributed by atoms with van der Waals surface area (Å²) < 4.78 is 13.3. The largest absolute Gasteiger partial charge is 0.348 e. The second kappa shape index (κ2) is 8.21. The molecule has 0 saturated carbocycles. The molecule has 0 aromatic heterocycles. The van der Waals surface area contributed by atoms with Crippen LogP contribution < -0.4 is 10.6 Å². The van der Waals surface area contributed by atoms with E-state index in [2.05, 4.69) is 10.6 Å². The summed E-state index contributed by atoms with van der Waals surface area (Å²) in [5.41, 5.74) is -0.125. The molecular formula is C21H21ClFN3O3. The number of nitrogens with one attached hydrogen (secondary N) is 2. The maximum absolute atomic E-state index is 13.3. The minimum absolute atomic E-state index is 0.261. The average Bonchev–Trinajstić information content (AvgIpc) is 2.94. The molecule has 0 aliphatic carbocycles. The van der Waals surface area contributed by atoms with Crippen molar-refractivity contribution in [3.8, 4) is 0 Å². The monoisotopic (exact) mass is 417 g/mol. The molecule has 8 heteroatoms. The summed E-state index contributed by atoms with van der Waals surface area (Å²) in [5, 5.41) is 5.93. The molecule has 0 spiro atoms. The van der Waals surface area contributed by atoms with E-state index in [-0.39, 0.29) is 6.42 Å². The smallest absolute Gasteiger partial charge is 0.325 e. The number of rotatable bonds is 6. The molecule has 0 unspecified atom stereocenters. The Bertz CT molecular complexity index is 950. The fourth-order valence-corrected chi connectivity index (χ4v) is 3.78. The predicted molar refractivity (Wildman–Crippen MR) is 107 cm³/mol. The minimum Gasteiger partial charge on any atom is -0.348 e.